The summed E-state index contributed by atoms with van der Waals surface area (Å²) in [5.74, 6) is 0.101. The molecule has 7 heteroatoms. The summed E-state index contributed by atoms with van der Waals surface area (Å²) < 4.78 is 5.21. The van der Waals surface area contributed by atoms with Crippen LogP contribution in [0.3, 0.4) is 0 Å². The highest BCUT2D eigenvalue weighted by Gasteiger charge is 2.24. The fraction of sp³-hybridized carbons (Fsp3) is 0.381. The molecule has 1 aliphatic heterocycles. The Labute approximate surface area is 168 Å². The van der Waals surface area contributed by atoms with E-state index in [2.05, 4.69) is 11.4 Å². The number of fused-ring (bicyclic) bond motifs is 1. The van der Waals surface area contributed by atoms with Crippen LogP contribution in [0.5, 0.6) is 0 Å². The van der Waals surface area contributed by atoms with Crippen molar-refractivity contribution in [1.29, 1.82) is 5.26 Å². The molecule has 1 atom stereocenters. The number of carbonyl (C=O) groups is 2. The molecule has 6 nitrogen and oxygen atoms in total. The summed E-state index contributed by atoms with van der Waals surface area (Å²) in [7, 11) is 1.79. The van der Waals surface area contributed by atoms with Crippen molar-refractivity contribution in [2.45, 2.75) is 45.3 Å². The number of ether oxygens (including phenoxy) is 1. The maximum Gasteiger partial charge on any atom is 0.408 e. The van der Waals surface area contributed by atoms with Gasteiger partial charge in [0.1, 0.15) is 11.6 Å². The largest absolute Gasteiger partial charge is 0.444 e. The van der Waals surface area contributed by atoms with Gasteiger partial charge in [0.25, 0.3) is 0 Å². The number of nitriles is 1. The molecular weight excluding hydrogens is 374 g/mol. The molecule has 0 bridgehead atoms. The summed E-state index contributed by atoms with van der Waals surface area (Å²) in [5.41, 5.74) is 2.41. The highest BCUT2D eigenvalue weighted by molar-refractivity contribution is 7.15. The standard InChI is InChI=1S/C21H23N3O3S/c1-21(2,3)27-20(26)23-15(12-22)11-16-7-8-18(28-16)14-6-5-13-10-19(25)24(4)17(13)9-14/h5-9,15H,10-11H2,1-4H3,(H,23,26)/t15-/m0/s1. The van der Waals surface area contributed by atoms with Gasteiger partial charge in [0, 0.05) is 28.9 Å². The van der Waals surface area contributed by atoms with Gasteiger partial charge in [-0.2, -0.15) is 5.26 Å². The highest BCUT2D eigenvalue weighted by Crippen LogP contribution is 2.35. The van der Waals surface area contributed by atoms with Crippen LogP contribution >= 0.6 is 11.3 Å². The quantitative estimate of drug-likeness (QED) is 0.848. The third kappa shape index (κ3) is 4.52. The van der Waals surface area contributed by atoms with Gasteiger partial charge in [-0.25, -0.2) is 4.79 Å². The lowest BCUT2D eigenvalue weighted by atomic mass is 10.1. The first-order valence-electron chi connectivity index (χ1n) is 9.04. The number of thiophene rings is 1. The molecule has 1 N–H and O–H groups in total. The van der Waals surface area contributed by atoms with Crippen molar-refractivity contribution in [1.82, 2.24) is 5.32 Å². The van der Waals surface area contributed by atoms with Gasteiger partial charge in [0.15, 0.2) is 0 Å². The molecule has 0 radical (unpaired) electrons. The second kappa shape index (κ2) is 7.64. The van der Waals surface area contributed by atoms with E-state index in [1.807, 2.05) is 30.3 Å². The zero-order valence-corrected chi connectivity index (χ0v) is 17.2. The molecule has 1 aliphatic rings. The van der Waals surface area contributed by atoms with Crippen LogP contribution in [0, 0.1) is 11.3 Å². The first kappa shape index (κ1) is 19.9. The summed E-state index contributed by atoms with van der Waals surface area (Å²) >= 11 is 1.57. The number of hydrogen-bond acceptors (Lipinski definition) is 5. The predicted octanol–water partition coefficient (Wildman–Crippen LogP) is 3.89. The number of carbonyl (C=O) groups excluding carboxylic acids is 2. The number of nitrogens with one attached hydrogen (secondary N) is 1. The molecule has 0 fully saturated rings. The summed E-state index contributed by atoms with van der Waals surface area (Å²) in [6.07, 6.45) is 0.258. The van der Waals surface area contributed by atoms with E-state index in [4.69, 9.17) is 4.74 Å². The Kier molecular flexibility index (Phi) is 5.43. The Bertz CT molecular complexity index is 953. The average Bonchev–Trinajstić information content (AvgIpc) is 3.17. The van der Waals surface area contributed by atoms with Gasteiger partial charge in [-0.1, -0.05) is 12.1 Å². The normalized spacial score (nSPS) is 14.4. The Morgan fingerprint density at radius 3 is 2.79 bits per heavy atom. The summed E-state index contributed by atoms with van der Waals surface area (Å²) in [5, 5.41) is 12.0. The van der Waals surface area contributed by atoms with E-state index in [-0.39, 0.29) is 5.91 Å². The molecule has 2 amide bonds. The Balaban J connectivity index is 1.70. The number of likely N-dealkylation sites (N-methyl/N-ethyl adjacent to an activating group) is 1. The summed E-state index contributed by atoms with van der Waals surface area (Å²) in [6, 6.07) is 11.4. The van der Waals surface area contributed by atoms with Gasteiger partial charge in [-0.05, 0) is 50.1 Å². The Hall–Kier alpha value is -2.85. The molecule has 0 aliphatic carbocycles. The van der Waals surface area contributed by atoms with Crippen LogP contribution in [0.2, 0.25) is 0 Å². The summed E-state index contributed by atoms with van der Waals surface area (Å²) in [6.45, 7) is 5.34. The zero-order valence-electron chi connectivity index (χ0n) is 16.4. The number of benzene rings is 1. The molecule has 0 spiro atoms. The minimum absolute atomic E-state index is 0.101. The van der Waals surface area contributed by atoms with Crippen LogP contribution < -0.4 is 10.2 Å². The molecule has 0 saturated carbocycles. The van der Waals surface area contributed by atoms with Gasteiger partial charge in [-0.3, -0.25) is 4.79 Å². The fourth-order valence-corrected chi connectivity index (χ4v) is 4.07. The van der Waals surface area contributed by atoms with E-state index in [0.29, 0.717) is 12.8 Å². The second-order valence-corrected chi connectivity index (χ2v) is 8.94. The Morgan fingerprint density at radius 1 is 1.36 bits per heavy atom. The van der Waals surface area contributed by atoms with E-state index in [1.165, 1.54) is 0 Å². The van der Waals surface area contributed by atoms with Gasteiger partial charge in [0.05, 0.1) is 12.5 Å². The van der Waals surface area contributed by atoms with Crippen LogP contribution in [-0.2, 0) is 22.4 Å². The molecule has 2 aromatic rings. The van der Waals surface area contributed by atoms with Crippen LogP contribution in [0.1, 0.15) is 31.2 Å². The molecule has 0 saturated heterocycles. The van der Waals surface area contributed by atoms with Crippen molar-refractivity contribution < 1.29 is 14.3 Å². The third-order valence-electron chi connectivity index (χ3n) is 4.36. The minimum Gasteiger partial charge on any atom is -0.444 e. The van der Waals surface area contributed by atoms with Gasteiger partial charge in [-0.15, -0.1) is 11.3 Å². The molecular formula is C21H23N3O3S. The monoisotopic (exact) mass is 397 g/mol. The molecule has 28 heavy (non-hydrogen) atoms. The van der Waals surface area contributed by atoms with Crippen LogP contribution in [0.4, 0.5) is 10.5 Å². The zero-order chi connectivity index (χ0) is 20.5. The lowest BCUT2D eigenvalue weighted by Crippen LogP contribution is -2.39. The van der Waals surface area contributed by atoms with Crippen molar-refractivity contribution in [3.8, 4) is 16.5 Å². The smallest absolute Gasteiger partial charge is 0.408 e. The highest BCUT2D eigenvalue weighted by atomic mass is 32.1. The minimum atomic E-state index is -0.662. The lowest BCUT2D eigenvalue weighted by molar-refractivity contribution is -0.117. The SMILES string of the molecule is CN1C(=O)Cc2ccc(-c3ccc(C[C@@H](C#N)NC(=O)OC(C)(C)C)s3)cc21. The van der Waals surface area contributed by atoms with Crippen molar-refractivity contribution in [2.75, 3.05) is 11.9 Å². The van der Waals surface area contributed by atoms with Gasteiger partial charge < -0.3 is 15.0 Å². The molecule has 2 heterocycles. The number of amides is 2. The lowest BCUT2D eigenvalue weighted by Gasteiger charge is -2.21. The third-order valence-corrected chi connectivity index (χ3v) is 5.52. The maximum atomic E-state index is 11.9. The fourth-order valence-electron chi connectivity index (χ4n) is 3.02. The molecule has 3 rings (SSSR count). The van der Waals surface area contributed by atoms with E-state index < -0.39 is 17.7 Å². The van der Waals surface area contributed by atoms with Gasteiger partial charge in [0.2, 0.25) is 5.91 Å². The number of anilines is 1. The van der Waals surface area contributed by atoms with E-state index >= 15 is 0 Å². The van der Waals surface area contributed by atoms with Crippen LogP contribution in [0.15, 0.2) is 30.3 Å². The Morgan fingerprint density at radius 2 is 2.11 bits per heavy atom. The average molecular weight is 398 g/mol. The van der Waals surface area contributed by atoms with Crippen LogP contribution in [0.25, 0.3) is 10.4 Å². The number of rotatable bonds is 4. The summed E-state index contributed by atoms with van der Waals surface area (Å²) in [4.78, 5) is 27.5. The molecule has 146 valence electrons. The van der Waals surface area contributed by atoms with Crippen LogP contribution in [-0.4, -0.2) is 30.7 Å². The molecule has 1 aromatic heterocycles. The van der Waals surface area contributed by atoms with Crippen molar-refractivity contribution >= 4 is 29.0 Å². The van der Waals surface area contributed by atoms with Crippen molar-refractivity contribution in [3.05, 3.63) is 40.8 Å². The first-order valence-corrected chi connectivity index (χ1v) is 9.85. The van der Waals surface area contributed by atoms with E-state index in [1.54, 1.807) is 44.1 Å². The maximum absolute atomic E-state index is 11.9. The topological polar surface area (TPSA) is 82.4 Å². The molecule has 1 aromatic carbocycles. The van der Waals surface area contributed by atoms with E-state index in [0.717, 1.165) is 26.6 Å². The first-order chi connectivity index (χ1) is 13.2. The van der Waals surface area contributed by atoms with Crippen molar-refractivity contribution in [3.63, 3.8) is 0 Å². The van der Waals surface area contributed by atoms with E-state index in [9.17, 15) is 14.9 Å². The second-order valence-electron chi connectivity index (χ2n) is 7.77. The number of alkyl carbamates (subject to hydrolysis) is 1. The molecule has 0 unspecified atom stereocenters. The van der Waals surface area contributed by atoms with Crippen molar-refractivity contribution in [2.24, 2.45) is 0 Å². The number of hydrogen-bond donors (Lipinski definition) is 1. The predicted molar refractivity (Wildman–Crippen MR) is 109 cm³/mol. The number of nitrogens with zero attached hydrogens (tertiary/aromatic N) is 2. The van der Waals surface area contributed by atoms with Gasteiger partial charge >= 0.3 is 6.09 Å².